The average molecular weight is 349 g/mol. The molecule has 2 aromatic carbocycles. The van der Waals surface area contributed by atoms with Crippen LogP contribution in [0.1, 0.15) is 28.8 Å². The van der Waals surface area contributed by atoms with Crippen molar-refractivity contribution < 1.29 is 9.90 Å². The summed E-state index contributed by atoms with van der Waals surface area (Å²) in [5, 5.41) is 19.7. The first kappa shape index (κ1) is 18.1. The summed E-state index contributed by atoms with van der Waals surface area (Å²) in [5.74, 6) is 0.197. The summed E-state index contributed by atoms with van der Waals surface area (Å²) in [6, 6.07) is 18.7. The Balaban J connectivity index is 1.60. The third-order valence-electron chi connectivity index (χ3n) is 5.01. The SMILES string of the molecule is CN(c1cccc(C#N)c1)C(O)N1CCC(C(=O)c2ccccc2)CC1. The zero-order valence-electron chi connectivity index (χ0n) is 14.9. The van der Waals surface area contributed by atoms with Crippen LogP contribution in [0.2, 0.25) is 0 Å². The number of carbonyl (C=O) groups excluding carboxylic acids is 1. The quantitative estimate of drug-likeness (QED) is 0.664. The van der Waals surface area contributed by atoms with E-state index in [4.69, 9.17) is 5.26 Å². The van der Waals surface area contributed by atoms with E-state index in [9.17, 15) is 9.90 Å². The maximum Gasteiger partial charge on any atom is 0.186 e. The number of likely N-dealkylation sites (tertiary alicyclic amines) is 1. The van der Waals surface area contributed by atoms with Crippen LogP contribution in [0.5, 0.6) is 0 Å². The minimum atomic E-state index is -0.781. The Hall–Kier alpha value is -2.68. The molecule has 1 N–H and O–H groups in total. The lowest BCUT2D eigenvalue weighted by atomic mass is 9.89. The largest absolute Gasteiger partial charge is 0.361 e. The van der Waals surface area contributed by atoms with Crippen LogP contribution in [0.4, 0.5) is 5.69 Å². The van der Waals surface area contributed by atoms with Gasteiger partial charge in [0.15, 0.2) is 12.1 Å². The Kier molecular flexibility index (Phi) is 5.67. The van der Waals surface area contributed by atoms with Crippen LogP contribution in [0.15, 0.2) is 54.6 Å². The van der Waals surface area contributed by atoms with Crippen LogP contribution in [0.3, 0.4) is 0 Å². The number of nitriles is 1. The van der Waals surface area contributed by atoms with E-state index in [0.717, 1.165) is 24.1 Å². The summed E-state index contributed by atoms with van der Waals surface area (Å²) < 4.78 is 0. The first-order valence-electron chi connectivity index (χ1n) is 8.84. The van der Waals surface area contributed by atoms with Gasteiger partial charge in [0.25, 0.3) is 0 Å². The Morgan fingerprint density at radius 1 is 1.19 bits per heavy atom. The predicted molar refractivity (Wildman–Crippen MR) is 101 cm³/mol. The minimum Gasteiger partial charge on any atom is -0.361 e. The van der Waals surface area contributed by atoms with E-state index in [1.807, 2.05) is 54.4 Å². The van der Waals surface area contributed by atoms with Crippen molar-refractivity contribution in [3.63, 3.8) is 0 Å². The third kappa shape index (κ3) is 3.93. The topological polar surface area (TPSA) is 67.6 Å². The Morgan fingerprint density at radius 2 is 1.88 bits per heavy atom. The van der Waals surface area contributed by atoms with Crippen molar-refractivity contribution >= 4 is 11.5 Å². The zero-order valence-corrected chi connectivity index (χ0v) is 14.9. The number of benzene rings is 2. The molecule has 1 heterocycles. The molecule has 1 atom stereocenters. The van der Waals surface area contributed by atoms with Crippen LogP contribution in [0, 0.1) is 17.2 Å². The van der Waals surface area contributed by atoms with Crippen LogP contribution in [0.25, 0.3) is 0 Å². The van der Waals surface area contributed by atoms with Crippen molar-refractivity contribution in [3.8, 4) is 6.07 Å². The molecule has 26 heavy (non-hydrogen) atoms. The summed E-state index contributed by atoms with van der Waals surface area (Å²) in [6.45, 7) is 1.32. The maximum atomic E-state index is 12.6. The molecule has 0 radical (unpaired) electrons. The highest BCUT2D eigenvalue weighted by Gasteiger charge is 2.30. The summed E-state index contributed by atoms with van der Waals surface area (Å²) in [5.41, 5.74) is 2.12. The molecule has 1 aliphatic heterocycles. The molecule has 5 nitrogen and oxygen atoms in total. The van der Waals surface area contributed by atoms with Gasteiger partial charge in [-0.15, -0.1) is 0 Å². The molecule has 2 aromatic rings. The van der Waals surface area contributed by atoms with Crippen LogP contribution in [-0.2, 0) is 0 Å². The Labute approximate surface area is 154 Å². The van der Waals surface area contributed by atoms with Gasteiger partial charge in [-0.05, 0) is 31.0 Å². The number of carbonyl (C=O) groups is 1. The predicted octanol–water partition coefficient (Wildman–Crippen LogP) is 2.87. The van der Waals surface area contributed by atoms with E-state index >= 15 is 0 Å². The molecule has 1 fully saturated rings. The second kappa shape index (κ2) is 8.13. The van der Waals surface area contributed by atoms with E-state index in [2.05, 4.69) is 6.07 Å². The number of anilines is 1. The molecule has 0 saturated carbocycles. The lowest BCUT2D eigenvalue weighted by molar-refractivity contribution is -0.0136. The second-order valence-electron chi connectivity index (χ2n) is 6.66. The van der Waals surface area contributed by atoms with E-state index in [-0.39, 0.29) is 11.7 Å². The highest BCUT2D eigenvalue weighted by Crippen LogP contribution is 2.25. The fourth-order valence-electron chi connectivity index (χ4n) is 3.40. The number of aliphatic hydroxyl groups is 1. The average Bonchev–Trinajstić information content (AvgIpc) is 2.73. The lowest BCUT2D eigenvalue weighted by Crippen LogP contribution is -2.50. The van der Waals surface area contributed by atoms with Gasteiger partial charge in [0.05, 0.1) is 11.6 Å². The van der Waals surface area contributed by atoms with Crippen molar-refractivity contribution in [2.45, 2.75) is 19.2 Å². The highest BCUT2D eigenvalue weighted by atomic mass is 16.3. The molecule has 1 saturated heterocycles. The number of hydrogen-bond acceptors (Lipinski definition) is 5. The van der Waals surface area contributed by atoms with Gasteiger partial charge in [0.1, 0.15) is 0 Å². The van der Waals surface area contributed by atoms with Crippen LogP contribution < -0.4 is 4.90 Å². The maximum absolute atomic E-state index is 12.6. The van der Waals surface area contributed by atoms with Gasteiger partial charge in [-0.2, -0.15) is 5.26 Å². The molecule has 0 aliphatic carbocycles. The molecule has 0 amide bonds. The molecule has 1 unspecified atom stereocenters. The number of ketones is 1. The van der Waals surface area contributed by atoms with Gasteiger partial charge in [-0.1, -0.05) is 36.4 Å². The second-order valence-corrected chi connectivity index (χ2v) is 6.66. The minimum absolute atomic E-state index is 0.00747. The fraction of sp³-hybridized carbons (Fsp3) is 0.333. The molecule has 134 valence electrons. The number of rotatable bonds is 5. The fourth-order valence-corrected chi connectivity index (χ4v) is 3.40. The standard InChI is InChI=1S/C21H23N3O2/c1-23(19-9-5-6-16(14-19)15-22)21(26)24-12-10-18(11-13-24)20(25)17-7-3-2-4-8-17/h2-9,14,18,21,26H,10-13H2,1H3. The van der Waals surface area contributed by atoms with E-state index < -0.39 is 6.35 Å². The normalized spacial score (nSPS) is 16.7. The van der Waals surface area contributed by atoms with Gasteiger partial charge in [-0.25, -0.2) is 0 Å². The van der Waals surface area contributed by atoms with Gasteiger partial charge in [0.2, 0.25) is 0 Å². The molecule has 3 rings (SSSR count). The zero-order chi connectivity index (χ0) is 18.5. The van der Waals surface area contributed by atoms with Crippen molar-refractivity contribution in [1.29, 1.82) is 5.26 Å². The number of Topliss-reactive ketones (excluding diaryl/α,β-unsaturated/α-hetero) is 1. The van der Waals surface area contributed by atoms with Crippen LogP contribution in [-0.4, -0.2) is 42.3 Å². The molecular formula is C21H23N3O2. The third-order valence-corrected chi connectivity index (χ3v) is 5.01. The van der Waals surface area contributed by atoms with Crippen molar-refractivity contribution in [2.24, 2.45) is 5.92 Å². The molecule has 1 aliphatic rings. The van der Waals surface area contributed by atoms with Crippen molar-refractivity contribution in [2.75, 3.05) is 25.0 Å². The smallest absolute Gasteiger partial charge is 0.186 e. The molecule has 0 aromatic heterocycles. The number of hydrogen-bond donors (Lipinski definition) is 1. The van der Waals surface area contributed by atoms with E-state index in [1.54, 1.807) is 17.0 Å². The number of piperidine rings is 1. The van der Waals surface area contributed by atoms with Crippen molar-refractivity contribution in [3.05, 3.63) is 65.7 Å². The van der Waals surface area contributed by atoms with Crippen LogP contribution >= 0.6 is 0 Å². The molecular weight excluding hydrogens is 326 g/mol. The highest BCUT2D eigenvalue weighted by molar-refractivity contribution is 5.97. The van der Waals surface area contributed by atoms with E-state index in [0.29, 0.717) is 18.7 Å². The molecule has 0 bridgehead atoms. The van der Waals surface area contributed by atoms with Gasteiger partial charge in [-0.3, -0.25) is 9.69 Å². The first-order chi connectivity index (χ1) is 12.6. The van der Waals surface area contributed by atoms with E-state index in [1.165, 1.54) is 0 Å². The summed E-state index contributed by atoms with van der Waals surface area (Å²) in [4.78, 5) is 16.3. The van der Waals surface area contributed by atoms with Gasteiger partial charge >= 0.3 is 0 Å². The number of nitrogens with zero attached hydrogens (tertiary/aromatic N) is 3. The summed E-state index contributed by atoms with van der Waals surface area (Å²) in [7, 11) is 1.81. The molecule has 5 heteroatoms. The molecule has 0 spiro atoms. The van der Waals surface area contributed by atoms with Gasteiger partial charge in [0, 0.05) is 37.3 Å². The summed E-state index contributed by atoms with van der Waals surface area (Å²) >= 11 is 0. The Morgan fingerprint density at radius 3 is 2.54 bits per heavy atom. The lowest BCUT2D eigenvalue weighted by Gasteiger charge is -2.39. The summed E-state index contributed by atoms with van der Waals surface area (Å²) in [6.07, 6.45) is 0.685. The monoisotopic (exact) mass is 349 g/mol. The number of aliphatic hydroxyl groups excluding tert-OH is 1. The first-order valence-corrected chi connectivity index (χ1v) is 8.84. The van der Waals surface area contributed by atoms with Crippen molar-refractivity contribution in [1.82, 2.24) is 4.90 Å². The Bertz CT molecular complexity index is 792. The van der Waals surface area contributed by atoms with Gasteiger partial charge < -0.3 is 10.0 Å².